The van der Waals surface area contributed by atoms with Crippen LogP contribution in [0.25, 0.3) is 0 Å². The quantitative estimate of drug-likeness (QED) is 0.604. The van der Waals surface area contributed by atoms with Crippen molar-refractivity contribution >= 4 is 11.6 Å². The van der Waals surface area contributed by atoms with Crippen LogP contribution >= 0.6 is 0 Å². The minimum atomic E-state index is -0.167. The number of hydrogen-bond donors (Lipinski definition) is 2. The number of amides is 1. The molecule has 2 N–H and O–H groups in total. The molecule has 0 unspecified atom stereocenters. The second-order valence-corrected chi connectivity index (χ2v) is 7.33. The van der Waals surface area contributed by atoms with E-state index in [4.69, 9.17) is 9.47 Å². The van der Waals surface area contributed by atoms with Crippen LogP contribution in [-0.4, -0.2) is 56.8 Å². The molecule has 2 aromatic carbocycles. The lowest BCUT2D eigenvalue weighted by Crippen LogP contribution is -2.37. The number of aryl methyl sites for hydroxylation is 1. The molecule has 0 saturated carbocycles. The number of rotatable bonds is 10. The highest BCUT2D eigenvalue weighted by molar-refractivity contribution is 5.91. The summed E-state index contributed by atoms with van der Waals surface area (Å²) in [5, 5.41) is 6.31. The highest BCUT2D eigenvalue weighted by Crippen LogP contribution is 2.13. The van der Waals surface area contributed by atoms with Gasteiger partial charge in [0.15, 0.2) is 6.61 Å². The molecule has 0 aromatic heterocycles. The summed E-state index contributed by atoms with van der Waals surface area (Å²) >= 11 is 0. The number of benzene rings is 2. The molecule has 29 heavy (non-hydrogen) atoms. The molecule has 1 amide bonds. The standard InChI is InChI=1S/C23H31N3O3/c1-19-3-7-21(8-4-19)25-23(27)18-29-22-9-5-20(6-10-22)17-24-11-2-12-26-13-15-28-16-14-26/h3-10,24H,2,11-18H2,1H3,(H,25,27). The Labute approximate surface area is 173 Å². The normalized spacial score (nSPS) is 14.5. The van der Waals surface area contributed by atoms with Crippen molar-refractivity contribution in [3.63, 3.8) is 0 Å². The Bertz CT molecular complexity index is 741. The number of carbonyl (C=O) groups is 1. The van der Waals surface area contributed by atoms with Crippen LogP contribution in [0.2, 0.25) is 0 Å². The van der Waals surface area contributed by atoms with Gasteiger partial charge in [-0.25, -0.2) is 0 Å². The molecule has 1 saturated heterocycles. The predicted molar refractivity (Wildman–Crippen MR) is 115 cm³/mol. The zero-order chi connectivity index (χ0) is 20.3. The molecular weight excluding hydrogens is 366 g/mol. The van der Waals surface area contributed by atoms with E-state index < -0.39 is 0 Å². The van der Waals surface area contributed by atoms with E-state index in [2.05, 4.69) is 15.5 Å². The zero-order valence-electron chi connectivity index (χ0n) is 17.2. The lowest BCUT2D eigenvalue weighted by molar-refractivity contribution is -0.118. The number of morpholine rings is 1. The summed E-state index contributed by atoms with van der Waals surface area (Å²) in [7, 11) is 0. The maximum absolute atomic E-state index is 12.0. The minimum Gasteiger partial charge on any atom is -0.484 e. The van der Waals surface area contributed by atoms with Gasteiger partial charge in [0.2, 0.25) is 0 Å². The van der Waals surface area contributed by atoms with Gasteiger partial charge in [-0.15, -0.1) is 0 Å². The van der Waals surface area contributed by atoms with Crippen LogP contribution in [0, 0.1) is 6.92 Å². The van der Waals surface area contributed by atoms with E-state index in [0.29, 0.717) is 5.75 Å². The Morgan fingerprint density at radius 1 is 1.07 bits per heavy atom. The van der Waals surface area contributed by atoms with E-state index in [-0.39, 0.29) is 12.5 Å². The molecule has 2 aromatic rings. The molecule has 0 bridgehead atoms. The van der Waals surface area contributed by atoms with Gasteiger partial charge in [-0.2, -0.15) is 0 Å². The van der Waals surface area contributed by atoms with E-state index in [0.717, 1.165) is 63.6 Å². The SMILES string of the molecule is Cc1ccc(NC(=O)COc2ccc(CNCCCN3CCOCC3)cc2)cc1. The van der Waals surface area contributed by atoms with Gasteiger partial charge in [-0.3, -0.25) is 9.69 Å². The van der Waals surface area contributed by atoms with Gasteiger partial charge in [-0.05, 0) is 56.3 Å². The summed E-state index contributed by atoms with van der Waals surface area (Å²) < 4.78 is 10.9. The molecular formula is C23H31N3O3. The van der Waals surface area contributed by atoms with E-state index in [1.807, 2.05) is 55.5 Å². The van der Waals surface area contributed by atoms with Crippen LogP contribution in [0.1, 0.15) is 17.5 Å². The first-order valence-electron chi connectivity index (χ1n) is 10.3. The van der Waals surface area contributed by atoms with Crippen LogP contribution < -0.4 is 15.4 Å². The Morgan fingerprint density at radius 2 is 1.79 bits per heavy atom. The third-order valence-electron chi connectivity index (χ3n) is 4.89. The smallest absolute Gasteiger partial charge is 0.262 e. The summed E-state index contributed by atoms with van der Waals surface area (Å²) in [6.45, 7) is 8.76. The maximum Gasteiger partial charge on any atom is 0.262 e. The topological polar surface area (TPSA) is 62.8 Å². The van der Waals surface area contributed by atoms with Crippen LogP contribution in [-0.2, 0) is 16.1 Å². The zero-order valence-corrected chi connectivity index (χ0v) is 17.2. The summed E-state index contributed by atoms with van der Waals surface area (Å²) in [6.07, 6.45) is 1.14. The van der Waals surface area contributed by atoms with E-state index in [9.17, 15) is 4.79 Å². The Morgan fingerprint density at radius 3 is 2.52 bits per heavy atom. The average molecular weight is 398 g/mol. The van der Waals surface area contributed by atoms with Crippen LogP contribution in [0.4, 0.5) is 5.69 Å². The van der Waals surface area contributed by atoms with Crippen molar-refractivity contribution in [1.82, 2.24) is 10.2 Å². The molecule has 1 aliphatic rings. The first-order valence-corrected chi connectivity index (χ1v) is 10.3. The molecule has 3 rings (SSSR count). The molecule has 0 aliphatic carbocycles. The van der Waals surface area contributed by atoms with Crippen molar-refractivity contribution in [2.75, 3.05) is 51.3 Å². The minimum absolute atomic E-state index is 0.00693. The fraction of sp³-hybridized carbons (Fsp3) is 0.435. The lowest BCUT2D eigenvalue weighted by Gasteiger charge is -2.26. The van der Waals surface area contributed by atoms with Gasteiger partial charge >= 0.3 is 0 Å². The first-order chi connectivity index (χ1) is 14.2. The largest absolute Gasteiger partial charge is 0.484 e. The number of ether oxygens (including phenoxy) is 2. The third-order valence-corrected chi connectivity index (χ3v) is 4.89. The van der Waals surface area contributed by atoms with Crippen molar-refractivity contribution in [2.24, 2.45) is 0 Å². The molecule has 6 heteroatoms. The van der Waals surface area contributed by atoms with E-state index in [1.54, 1.807) is 0 Å². The van der Waals surface area contributed by atoms with Gasteiger partial charge < -0.3 is 20.1 Å². The van der Waals surface area contributed by atoms with Crippen molar-refractivity contribution in [1.29, 1.82) is 0 Å². The molecule has 1 aliphatic heterocycles. The number of nitrogens with zero attached hydrogens (tertiary/aromatic N) is 1. The fourth-order valence-electron chi connectivity index (χ4n) is 3.17. The van der Waals surface area contributed by atoms with Crippen molar-refractivity contribution in [2.45, 2.75) is 19.9 Å². The third kappa shape index (κ3) is 7.85. The second-order valence-electron chi connectivity index (χ2n) is 7.33. The number of carbonyl (C=O) groups excluding carboxylic acids is 1. The highest BCUT2D eigenvalue weighted by Gasteiger charge is 2.09. The Kier molecular flexibility index (Phi) is 8.49. The molecule has 1 fully saturated rings. The van der Waals surface area contributed by atoms with E-state index in [1.165, 1.54) is 5.56 Å². The molecule has 0 atom stereocenters. The summed E-state index contributed by atoms with van der Waals surface area (Å²) in [6, 6.07) is 15.6. The predicted octanol–water partition coefficient (Wildman–Crippen LogP) is 2.82. The van der Waals surface area contributed by atoms with Crippen molar-refractivity contribution < 1.29 is 14.3 Å². The second kappa shape index (κ2) is 11.6. The van der Waals surface area contributed by atoms with Crippen LogP contribution in [0.15, 0.2) is 48.5 Å². The molecule has 0 spiro atoms. The molecule has 6 nitrogen and oxygen atoms in total. The first kappa shape index (κ1) is 21.3. The van der Waals surface area contributed by atoms with Gasteiger partial charge in [0.05, 0.1) is 13.2 Å². The fourth-order valence-corrected chi connectivity index (χ4v) is 3.17. The maximum atomic E-state index is 12.0. The van der Waals surface area contributed by atoms with Crippen LogP contribution in [0.3, 0.4) is 0 Å². The number of anilines is 1. The average Bonchev–Trinajstić information content (AvgIpc) is 2.75. The number of nitrogens with one attached hydrogen (secondary N) is 2. The Balaban J connectivity index is 1.30. The highest BCUT2D eigenvalue weighted by atomic mass is 16.5. The van der Waals surface area contributed by atoms with Crippen molar-refractivity contribution in [3.8, 4) is 5.75 Å². The van der Waals surface area contributed by atoms with Gasteiger partial charge in [0, 0.05) is 25.3 Å². The van der Waals surface area contributed by atoms with Gasteiger partial charge in [0.25, 0.3) is 5.91 Å². The Hall–Kier alpha value is -2.41. The van der Waals surface area contributed by atoms with Gasteiger partial charge in [0.1, 0.15) is 5.75 Å². The van der Waals surface area contributed by atoms with Crippen molar-refractivity contribution in [3.05, 3.63) is 59.7 Å². The molecule has 156 valence electrons. The summed E-state index contributed by atoms with van der Waals surface area (Å²) in [5.74, 6) is 0.528. The molecule has 1 heterocycles. The van der Waals surface area contributed by atoms with E-state index >= 15 is 0 Å². The summed E-state index contributed by atoms with van der Waals surface area (Å²) in [4.78, 5) is 14.4. The monoisotopic (exact) mass is 397 g/mol. The molecule has 0 radical (unpaired) electrons. The number of hydrogen-bond acceptors (Lipinski definition) is 5. The van der Waals surface area contributed by atoms with Gasteiger partial charge in [-0.1, -0.05) is 29.8 Å². The lowest BCUT2D eigenvalue weighted by atomic mass is 10.2. The van der Waals surface area contributed by atoms with Crippen LogP contribution in [0.5, 0.6) is 5.75 Å². The summed E-state index contributed by atoms with van der Waals surface area (Å²) in [5.41, 5.74) is 3.14.